The Morgan fingerprint density at radius 1 is 1.50 bits per heavy atom. The maximum atomic E-state index is 11.6. The smallest absolute Gasteiger partial charge is 0.334 e. The van der Waals surface area contributed by atoms with Crippen molar-refractivity contribution in [2.75, 3.05) is 13.7 Å². The van der Waals surface area contributed by atoms with E-state index in [0.717, 1.165) is 0 Å². The molecule has 0 aliphatic carbocycles. The van der Waals surface area contributed by atoms with E-state index >= 15 is 0 Å². The Bertz CT molecular complexity index is 463. The summed E-state index contributed by atoms with van der Waals surface area (Å²) in [4.78, 5) is 22.0. The molecule has 0 saturated heterocycles. The van der Waals surface area contributed by atoms with Gasteiger partial charge in [0.05, 0.1) is 18.1 Å². The number of aliphatic hydroxyl groups excluding tert-OH is 1. The molecule has 0 bridgehead atoms. The van der Waals surface area contributed by atoms with Crippen LogP contribution in [0.1, 0.15) is 10.4 Å². The largest absolute Gasteiger partial charge is 0.496 e. The zero-order valence-electron chi connectivity index (χ0n) is 9.51. The van der Waals surface area contributed by atoms with Gasteiger partial charge in [-0.05, 0) is 34.1 Å². The van der Waals surface area contributed by atoms with Crippen molar-refractivity contribution < 1.29 is 24.5 Å². The van der Waals surface area contributed by atoms with E-state index in [9.17, 15) is 9.59 Å². The molecule has 7 heteroatoms. The first kappa shape index (κ1) is 14.5. The Morgan fingerprint density at radius 2 is 2.17 bits per heavy atom. The van der Waals surface area contributed by atoms with Gasteiger partial charge in [-0.1, -0.05) is 0 Å². The molecule has 98 valence electrons. The number of hydrogen-bond donors (Lipinski definition) is 3. The van der Waals surface area contributed by atoms with Gasteiger partial charge in [-0.2, -0.15) is 0 Å². The number of rotatable bonds is 5. The summed E-state index contributed by atoms with van der Waals surface area (Å²) in [5.74, 6) is -1.28. The van der Waals surface area contributed by atoms with Gasteiger partial charge in [0, 0.05) is 5.56 Å². The lowest BCUT2D eigenvalue weighted by Crippen LogP contribution is -2.36. The van der Waals surface area contributed by atoms with Gasteiger partial charge >= 0.3 is 5.97 Å². The van der Waals surface area contributed by atoms with Gasteiger partial charge in [-0.3, -0.25) is 4.79 Å². The third-order valence-electron chi connectivity index (χ3n) is 2.16. The third kappa shape index (κ3) is 3.71. The summed E-state index contributed by atoms with van der Waals surface area (Å²) in [5, 5.41) is 19.8. The van der Waals surface area contributed by atoms with Gasteiger partial charge in [-0.25, -0.2) is 4.79 Å². The zero-order chi connectivity index (χ0) is 13.7. The molecular weight excluding hydrogens is 306 g/mol. The maximum Gasteiger partial charge on any atom is 0.334 e. The molecule has 1 atom stereocenters. The molecular formula is C11H12BrNO5. The van der Waals surface area contributed by atoms with Gasteiger partial charge < -0.3 is 20.3 Å². The van der Waals surface area contributed by atoms with Crippen LogP contribution in [0.25, 0.3) is 0 Å². The van der Waals surface area contributed by atoms with Crippen LogP contribution >= 0.6 is 15.9 Å². The number of carboxylic acids is 1. The molecule has 1 rings (SSSR count). The van der Waals surface area contributed by atoms with Crippen LogP contribution < -0.4 is 10.1 Å². The van der Waals surface area contributed by atoms with Crippen LogP contribution in [0.2, 0.25) is 0 Å². The first-order valence-electron chi connectivity index (χ1n) is 4.98. The fraction of sp³-hybridized carbons (Fsp3) is 0.273. The predicted octanol–water partition coefficient (Wildman–Crippen LogP) is 0.633. The highest BCUT2D eigenvalue weighted by Gasteiger charge is 2.15. The summed E-state index contributed by atoms with van der Waals surface area (Å²) in [6.45, 7) is -0.349. The minimum Gasteiger partial charge on any atom is -0.496 e. The van der Waals surface area contributed by atoms with Crippen molar-refractivity contribution in [3.63, 3.8) is 0 Å². The highest BCUT2D eigenvalue weighted by molar-refractivity contribution is 9.10. The maximum absolute atomic E-state index is 11.6. The number of carbonyl (C=O) groups excluding carboxylic acids is 1. The van der Waals surface area contributed by atoms with Crippen molar-refractivity contribution >= 4 is 27.8 Å². The minimum atomic E-state index is -1.62. The van der Waals surface area contributed by atoms with Crippen molar-refractivity contribution in [2.24, 2.45) is 0 Å². The molecule has 0 fully saturated rings. The number of carboxylic acid groups (broad SMARTS) is 1. The summed E-state index contributed by atoms with van der Waals surface area (Å²) in [5.41, 5.74) is 0.334. The summed E-state index contributed by atoms with van der Waals surface area (Å²) < 4.78 is 5.62. The van der Waals surface area contributed by atoms with E-state index in [-0.39, 0.29) is 6.54 Å². The summed E-state index contributed by atoms with van der Waals surface area (Å²) in [6, 6.07) is 4.68. The first-order chi connectivity index (χ1) is 8.45. The van der Waals surface area contributed by atoms with E-state index in [1.165, 1.54) is 13.2 Å². The van der Waals surface area contributed by atoms with Crippen molar-refractivity contribution in [2.45, 2.75) is 6.10 Å². The van der Waals surface area contributed by atoms with Crippen molar-refractivity contribution in [1.29, 1.82) is 0 Å². The monoisotopic (exact) mass is 317 g/mol. The molecule has 0 aliphatic heterocycles. The Balaban J connectivity index is 2.67. The number of halogens is 1. The molecule has 0 heterocycles. The third-order valence-corrected chi connectivity index (χ3v) is 2.77. The minimum absolute atomic E-state index is 0.334. The normalized spacial score (nSPS) is 11.7. The highest BCUT2D eigenvalue weighted by atomic mass is 79.9. The van der Waals surface area contributed by atoms with E-state index in [0.29, 0.717) is 15.8 Å². The summed E-state index contributed by atoms with van der Waals surface area (Å²) in [7, 11) is 1.50. The van der Waals surface area contributed by atoms with Crippen LogP contribution in [0.4, 0.5) is 0 Å². The number of benzene rings is 1. The van der Waals surface area contributed by atoms with E-state index in [2.05, 4.69) is 21.2 Å². The van der Waals surface area contributed by atoms with E-state index in [4.69, 9.17) is 14.9 Å². The Kier molecular flexibility index (Phi) is 5.11. The zero-order valence-corrected chi connectivity index (χ0v) is 11.1. The molecule has 1 amide bonds. The van der Waals surface area contributed by atoms with Gasteiger partial charge in [0.25, 0.3) is 5.91 Å². The highest BCUT2D eigenvalue weighted by Crippen LogP contribution is 2.25. The fourth-order valence-corrected chi connectivity index (χ4v) is 1.73. The lowest BCUT2D eigenvalue weighted by atomic mass is 10.2. The Hall–Kier alpha value is -1.60. The van der Waals surface area contributed by atoms with Crippen molar-refractivity contribution in [1.82, 2.24) is 5.32 Å². The molecule has 6 nitrogen and oxygen atoms in total. The van der Waals surface area contributed by atoms with Gasteiger partial charge in [0.15, 0.2) is 6.10 Å². The Labute approximate surface area is 112 Å². The van der Waals surface area contributed by atoms with Crippen LogP contribution in [0.5, 0.6) is 5.75 Å². The number of nitrogens with one attached hydrogen (secondary N) is 1. The number of aliphatic carboxylic acids is 1. The molecule has 18 heavy (non-hydrogen) atoms. The van der Waals surface area contributed by atoms with Gasteiger partial charge in [-0.15, -0.1) is 0 Å². The Morgan fingerprint density at radius 3 is 2.67 bits per heavy atom. The number of ether oxygens (including phenoxy) is 1. The van der Waals surface area contributed by atoms with Gasteiger partial charge in [0.2, 0.25) is 0 Å². The second-order valence-electron chi connectivity index (χ2n) is 3.41. The average molecular weight is 318 g/mol. The van der Waals surface area contributed by atoms with Crippen LogP contribution in [0.15, 0.2) is 22.7 Å². The molecule has 0 saturated carbocycles. The number of carbonyl (C=O) groups is 2. The SMILES string of the molecule is COc1ccc(C(=O)NC[C@H](O)C(=O)O)cc1Br. The molecule has 3 N–H and O–H groups in total. The first-order valence-corrected chi connectivity index (χ1v) is 5.77. The molecule has 0 unspecified atom stereocenters. The van der Waals surface area contributed by atoms with E-state index in [1.807, 2.05) is 0 Å². The van der Waals surface area contributed by atoms with Crippen molar-refractivity contribution in [3.8, 4) is 5.75 Å². The van der Waals surface area contributed by atoms with E-state index < -0.39 is 18.0 Å². The van der Waals surface area contributed by atoms with Crippen LogP contribution in [-0.2, 0) is 4.79 Å². The second kappa shape index (κ2) is 6.36. The van der Waals surface area contributed by atoms with Crippen molar-refractivity contribution in [3.05, 3.63) is 28.2 Å². The van der Waals surface area contributed by atoms with Crippen LogP contribution in [0.3, 0.4) is 0 Å². The second-order valence-corrected chi connectivity index (χ2v) is 4.27. The number of amides is 1. The summed E-state index contributed by atoms with van der Waals surface area (Å²) >= 11 is 3.23. The van der Waals surface area contributed by atoms with Crippen LogP contribution in [-0.4, -0.2) is 41.8 Å². The fourth-order valence-electron chi connectivity index (χ4n) is 1.19. The molecule has 0 aromatic heterocycles. The number of methoxy groups -OCH3 is 1. The topological polar surface area (TPSA) is 95.9 Å². The molecule has 1 aromatic rings. The number of aliphatic hydroxyl groups is 1. The lowest BCUT2D eigenvalue weighted by Gasteiger charge is -2.09. The quantitative estimate of drug-likeness (QED) is 0.740. The standard InChI is InChI=1S/C11H12BrNO5/c1-18-9-3-2-6(4-7(9)12)10(15)13-5-8(14)11(16)17/h2-4,8,14H,5H2,1H3,(H,13,15)(H,16,17)/t8-/m0/s1. The molecule has 0 aliphatic rings. The van der Waals surface area contributed by atoms with Crippen LogP contribution in [0, 0.1) is 0 Å². The molecule has 0 spiro atoms. The van der Waals surface area contributed by atoms with Gasteiger partial charge in [0.1, 0.15) is 5.75 Å². The van der Waals surface area contributed by atoms with E-state index in [1.54, 1.807) is 12.1 Å². The summed E-state index contributed by atoms with van der Waals surface area (Å²) in [6.07, 6.45) is -1.62. The lowest BCUT2D eigenvalue weighted by molar-refractivity contribution is -0.146. The molecule has 0 radical (unpaired) electrons. The predicted molar refractivity (Wildman–Crippen MR) is 66.7 cm³/mol. The number of hydrogen-bond acceptors (Lipinski definition) is 4. The average Bonchev–Trinajstić information content (AvgIpc) is 2.35. The molecule has 1 aromatic carbocycles.